The summed E-state index contributed by atoms with van der Waals surface area (Å²) >= 11 is 0. The summed E-state index contributed by atoms with van der Waals surface area (Å²) in [6.07, 6.45) is 1.13. The molecule has 0 amide bonds. The molecule has 112 valence electrons. The van der Waals surface area contributed by atoms with Gasteiger partial charge in [-0.3, -0.25) is 4.79 Å². The van der Waals surface area contributed by atoms with Crippen LogP contribution in [-0.4, -0.2) is 32.0 Å². The van der Waals surface area contributed by atoms with E-state index in [1.165, 1.54) is 12.1 Å². The van der Waals surface area contributed by atoms with Crippen LogP contribution in [0.1, 0.15) is 21.7 Å². The van der Waals surface area contributed by atoms with E-state index in [2.05, 4.69) is 4.98 Å². The fourth-order valence-corrected chi connectivity index (χ4v) is 2.69. The highest BCUT2D eigenvalue weighted by Gasteiger charge is 2.13. The minimum atomic E-state index is -3.29. The first-order valence-electron chi connectivity index (χ1n) is 6.39. The molecule has 2 rings (SSSR count). The molecule has 0 bridgehead atoms. The maximum atomic E-state index is 12.1. The van der Waals surface area contributed by atoms with E-state index < -0.39 is 9.84 Å². The lowest BCUT2D eigenvalue weighted by molar-refractivity contribution is 0.0921. The quantitative estimate of drug-likeness (QED) is 0.860. The van der Waals surface area contributed by atoms with Crippen molar-refractivity contribution in [2.45, 2.75) is 18.7 Å². The Morgan fingerprint density at radius 3 is 2.52 bits per heavy atom. The number of aryl methyl sites for hydroxylation is 2. The molecule has 21 heavy (non-hydrogen) atoms. The molecule has 0 aliphatic heterocycles. The second-order valence-corrected chi connectivity index (χ2v) is 6.97. The summed E-state index contributed by atoms with van der Waals surface area (Å²) in [5.74, 6) is 0.206. The fraction of sp³-hybridized carbons (Fsp3) is 0.267. The highest BCUT2D eigenvalue weighted by molar-refractivity contribution is 7.90. The molecule has 0 aliphatic rings. The molecule has 0 unspecified atom stereocenters. The largest absolute Gasteiger partial charge is 0.485 e. The second-order valence-electron chi connectivity index (χ2n) is 4.95. The number of hydrogen-bond donors (Lipinski definition) is 1. The summed E-state index contributed by atoms with van der Waals surface area (Å²) in [7, 11) is -3.29. The lowest BCUT2D eigenvalue weighted by atomic mass is 10.1. The molecule has 0 fully saturated rings. The van der Waals surface area contributed by atoms with Crippen LogP contribution in [0.15, 0.2) is 35.2 Å². The van der Waals surface area contributed by atoms with Gasteiger partial charge in [0.25, 0.3) is 0 Å². The average Bonchev–Trinajstić information content (AvgIpc) is 2.74. The van der Waals surface area contributed by atoms with E-state index in [1.807, 2.05) is 13.8 Å². The van der Waals surface area contributed by atoms with Crippen LogP contribution in [0, 0.1) is 13.8 Å². The number of Topliss-reactive ketones (excluding diaryl/α,β-unsaturated/α-hetero) is 1. The van der Waals surface area contributed by atoms with Crippen molar-refractivity contribution >= 4 is 15.6 Å². The molecule has 0 saturated carbocycles. The molecule has 0 atom stereocenters. The van der Waals surface area contributed by atoms with E-state index in [0.717, 1.165) is 17.6 Å². The molecule has 6 heteroatoms. The van der Waals surface area contributed by atoms with Gasteiger partial charge in [-0.25, -0.2) is 8.42 Å². The molecule has 1 aromatic heterocycles. The zero-order valence-corrected chi connectivity index (χ0v) is 13.0. The third-order valence-corrected chi connectivity index (χ3v) is 4.16. The number of carbonyl (C=O) groups is 1. The number of carbonyl (C=O) groups excluding carboxylic acids is 1. The van der Waals surface area contributed by atoms with Crippen molar-refractivity contribution in [3.63, 3.8) is 0 Å². The average molecular weight is 307 g/mol. The number of benzene rings is 1. The molecule has 2 aromatic rings. The zero-order valence-electron chi connectivity index (χ0n) is 12.1. The standard InChI is InChI=1S/C15H17NO4S/c1-10-7-14(11(2)16-10)15(17)9-20-12-5-4-6-13(8-12)21(3,18)19/h4-8,16H,9H2,1-3H3. The molecular weight excluding hydrogens is 290 g/mol. The summed E-state index contributed by atoms with van der Waals surface area (Å²) in [6, 6.07) is 7.88. The van der Waals surface area contributed by atoms with Gasteiger partial charge in [0, 0.05) is 23.2 Å². The van der Waals surface area contributed by atoms with Crippen molar-refractivity contribution in [1.82, 2.24) is 4.98 Å². The summed E-state index contributed by atoms with van der Waals surface area (Å²) in [5, 5.41) is 0. The Bertz CT molecular complexity index is 775. The van der Waals surface area contributed by atoms with Gasteiger partial charge < -0.3 is 9.72 Å². The Hall–Kier alpha value is -2.08. The van der Waals surface area contributed by atoms with Gasteiger partial charge >= 0.3 is 0 Å². The maximum absolute atomic E-state index is 12.1. The molecule has 1 N–H and O–H groups in total. The van der Waals surface area contributed by atoms with Crippen LogP contribution < -0.4 is 4.74 Å². The highest BCUT2D eigenvalue weighted by atomic mass is 32.2. The molecule has 0 saturated heterocycles. The van der Waals surface area contributed by atoms with E-state index in [1.54, 1.807) is 18.2 Å². The number of hydrogen-bond acceptors (Lipinski definition) is 4. The van der Waals surface area contributed by atoms with Crippen LogP contribution in [0.25, 0.3) is 0 Å². The van der Waals surface area contributed by atoms with E-state index in [4.69, 9.17) is 4.74 Å². The minimum Gasteiger partial charge on any atom is -0.485 e. The van der Waals surface area contributed by atoms with Crippen molar-refractivity contribution in [2.75, 3.05) is 12.9 Å². The molecule has 1 aromatic carbocycles. The maximum Gasteiger partial charge on any atom is 0.201 e. The van der Waals surface area contributed by atoms with Crippen LogP contribution in [0.2, 0.25) is 0 Å². The smallest absolute Gasteiger partial charge is 0.201 e. The Balaban J connectivity index is 2.10. The van der Waals surface area contributed by atoms with E-state index >= 15 is 0 Å². The van der Waals surface area contributed by atoms with Crippen molar-refractivity contribution in [1.29, 1.82) is 0 Å². The normalized spacial score (nSPS) is 11.4. The van der Waals surface area contributed by atoms with Crippen LogP contribution in [0.4, 0.5) is 0 Å². The van der Waals surface area contributed by atoms with E-state index in [0.29, 0.717) is 11.3 Å². The molecular formula is C15H17NO4S. The number of sulfone groups is 1. The Morgan fingerprint density at radius 2 is 1.95 bits per heavy atom. The van der Waals surface area contributed by atoms with Crippen LogP contribution in [0.5, 0.6) is 5.75 Å². The summed E-state index contributed by atoms with van der Waals surface area (Å²) in [5.41, 5.74) is 2.30. The van der Waals surface area contributed by atoms with Gasteiger partial charge in [0.1, 0.15) is 5.75 Å². The van der Waals surface area contributed by atoms with Gasteiger partial charge in [-0.15, -0.1) is 0 Å². The molecule has 0 aliphatic carbocycles. The highest BCUT2D eigenvalue weighted by Crippen LogP contribution is 2.18. The van der Waals surface area contributed by atoms with Gasteiger partial charge in [-0.05, 0) is 38.1 Å². The van der Waals surface area contributed by atoms with Gasteiger partial charge in [0.05, 0.1) is 4.90 Å². The lowest BCUT2D eigenvalue weighted by Gasteiger charge is -2.06. The number of aromatic nitrogens is 1. The van der Waals surface area contributed by atoms with Gasteiger partial charge in [-0.2, -0.15) is 0 Å². The Labute approximate surface area is 123 Å². The van der Waals surface area contributed by atoms with Crippen molar-refractivity contribution in [3.8, 4) is 5.75 Å². The Kier molecular flexibility index (Phi) is 4.18. The molecule has 5 nitrogen and oxygen atoms in total. The van der Waals surface area contributed by atoms with Crippen molar-refractivity contribution in [2.24, 2.45) is 0 Å². The summed E-state index contributed by atoms with van der Waals surface area (Å²) in [6.45, 7) is 3.57. The van der Waals surface area contributed by atoms with Crippen molar-refractivity contribution in [3.05, 3.63) is 47.3 Å². The number of aromatic amines is 1. The molecule has 0 radical (unpaired) electrons. The SMILES string of the molecule is Cc1cc(C(=O)COc2cccc(S(C)(=O)=O)c2)c(C)[nH]1. The van der Waals surface area contributed by atoms with Crippen LogP contribution >= 0.6 is 0 Å². The summed E-state index contributed by atoms with van der Waals surface area (Å²) < 4.78 is 28.3. The number of ether oxygens (including phenoxy) is 1. The zero-order chi connectivity index (χ0) is 15.6. The summed E-state index contributed by atoms with van der Waals surface area (Å²) in [4.78, 5) is 15.3. The van der Waals surface area contributed by atoms with E-state index in [-0.39, 0.29) is 17.3 Å². The molecule has 0 spiro atoms. The monoisotopic (exact) mass is 307 g/mol. The number of ketones is 1. The first-order valence-corrected chi connectivity index (χ1v) is 8.29. The predicted octanol–water partition coefficient (Wildman–Crippen LogP) is 2.30. The fourth-order valence-electron chi connectivity index (χ4n) is 2.03. The number of nitrogens with one attached hydrogen (secondary N) is 1. The lowest BCUT2D eigenvalue weighted by Crippen LogP contribution is -2.12. The van der Waals surface area contributed by atoms with E-state index in [9.17, 15) is 13.2 Å². The number of rotatable bonds is 5. The second kappa shape index (κ2) is 5.73. The third kappa shape index (κ3) is 3.72. The van der Waals surface area contributed by atoms with Crippen molar-refractivity contribution < 1.29 is 17.9 Å². The Morgan fingerprint density at radius 1 is 1.24 bits per heavy atom. The van der Waals surface area contributed by atoms with Gasteiger partial charge in [-0.1, -0.05) is 6.07 Å². The predicted molar refractivity (Wildman–Crippen MR) is 79.6 cm³/mol. The topological polar surface area (TPSA) is 76.2 Å². The van der Waals surface area contributed by atoms with Crippen LogP contribution in [-0.2, 0) is 9.84 Å². The molecule has 1 heterocycles. The van der Waals surface area contributed by atoms with Gasteiger partial charge in [0.15, 0.2) is 16.4 Å². The third-order valence-electron chi connectivity index (χ3n) is 3.05. The minimum absolute atomic E-state index is 0.134. The first kappa shape index (κ1) is 15.3. The first-order chi connectivity index (χ1) is 9.77. The van der Waals surface area contributed by atoms with Crippen LogP contribution in [0.3, 0.4) is 0 Å². The number of H-pyrrole nitrogens is 1. The van der Waals surface area contributed by atoms with Gasteiger partial charge in [0.2, 0.25) is 5.78 Å².